The van der Waals surface area contributed by atoms with Gasteiger partial charge in [0.1, 0.15) is 0 Å². The van der Waals surface area contributed by atoms with E-state index in [2.05, 4.69) is 11.8 Å². The van der Waals surface area contributed by atoms with Gasteiger partial charge < -0.3 is 9.80 Å². The Hall–Kier alpha value is -1.68. The molecule has 0 saturated carbocycles. The summed E-state index contributed by atoms with van der Waals surface area (Å²) in [6.07, 6.45) is 4.85. The van der Waals surface area contributed by atoms with Crippen molar-refractivity contribution in [1.82, 2.24) is 9.80 Å². The first-order valence-electron chi connectivity index (χ1n) is 9.65. The van der Waals surface area contributed by atoms with Gasteiger partial charge in [-0.2, -0.15) is 0 Å². The molecule has 2 aliphatic heterocycles. The van der Waals surface area contributed by atoms with Crippen molar-refractivity contribution in [3.8, 4) is 0 Å². The third kappa shape index (κ3) is 4.69. The predicted octanol–water partition coefficient (Wildman–Crippen LogP) is 3.47. The molecule has 4 heteroatoms. The second kappa shape index (κ2) is 8.13. The third-order valence-electron chi connectivity index (χ3n) is 5.83. The molecule has 1 aromatic rings. The topological polar surface area (TPSA) is 40.6 Å². The van der Waals surface area contributed by atoms with Crippen LogP contribution in [-0.2, 0) is 0 Å². The van der Waals surface area contributed by atoms with Gasteiger partial charge in [0.05, 0.1) is 0 Å². The lowest BCUT2D eigenvalue weighted by Gasteiger charge is -2.37. The summed E-state index contributed by atoms with van der Waals surface area (Å²) in [4.78, 5) is 28.6. The van der Waals surface area contributed by atoms with E-state index in [1.807, 2.05) is 4.90 Å². The van der Waals surface area contributed by atoms with E-state index in [0.29, 0.717) is 11.1 Å². The number of piperidine rings is 2. The molecular formula is C21H30N2O2. The molecule has 1 amide bonds. The molecule has 0 bridgehead atoms. The summed E-state index contributed by atoms with van der Waals surface area (Å²) in [6.45, 7) is 9.27. The minimum atomic E-state index is 0.0342. The summed E-state index contributed by atoms with van der Waals surface area (Å²) in [7, 11) is 0. The molecule has 0 radical (unpaired) electrons. The predicted molar refractivity (Wildman–Crippen MR) is 99.9 cm³/mol. The second-order valence-corrected chi connectivity index (χ2v) is 7.85. The van der Waals surface area contributed by atoms with Gasteiger partial charge >= 0.3 is 0 Å². The van der Waals surface area contributed by atoms with Crippen molar-refractivity contribution in [3.05, 3.63) is 35.4 Å². The number of ketones is 1. The zero-order valence-corrected chi connectivity index (χ0v) is 15.5. The maximum Gasteiger partial charge on any atom is 0.253 e. The minimum absolute atomic E-state index is 0.0342. The van der Waals surface area contributed by atoms with E-state index < -0.39 is 0 Å². The number of nitrogens with zero attached hydrogens (tertiary/aromatic N) is 2. The molecule has 25 heavy (non-hydrogen) atoms. The number of Topliss-reactive ketones (excluding diaryl/α,β-unsaturated/α-hetero) is 1. The summed E-state index contributed by atoms with van der Waals surface area (Å²) in [5, 5.41) is 0. The first-order valence-corrected chi connectivity index (χ1v) is 9.65. The first kappa shape index (κ1) is 18.1. The van der Waals surface area contributed by atoms with Crippen molar-refractivity contribution in [2.75, 3.05) is 32.7 Å². The highest BCUT2D eigenvalue weighted by Crippen LogP contribution is 2.23. The summed E-state index contributed by atoms with van der Waals surface area (Å²) in [5.41, 5.74) is 1.35. The van der Waals surface area contributed by atoms with Gasteiger partial charge in [0.2, 0.25) is 0 Å². The van der Waals surface area contributed by atoms with Crippen molar-refractivity contribution in [2.24, 2.45) is 11.8 Å². The van der Waals surface area contributed by atoms with Gasteiger partial charge in [0.25, 0.3) is 5.91 Å². The molecule has 136 valence electrons. The molecule has 3 rings (SSSR count). The average Bonchev–Trinajstić information content (AvgIpc) is 2.64. The van der Waals surface area contributed by atoms with E-state index in [1.165, 1.54) is 32.5 Å². The van der Waals surface area contributed by atoms with Gasteiger partial charge in [0.15, 0.2) is 5.78 Å². The molecular weight excluding hydrogens is 312 g/mol. The number of carbonyl (C=O) groups excluding carboxylic acids is 2. The summed E-state index contributed by atoms with van der Waals surface area (Å²) < 4.78 is 0. The van der Waals surface area contributed by atoms with Crippen LogP contribution >= 0.6 is 0 Å². The lowest BCUT2D eigenvalue weighted by molar-refractivity contribution is 0.0653. The molecule has 1 aromatic carbocycles. The van der Waals surface area contributed by atoms with Gasteiger partial charge in [-0.1, -0.05) is 19.1 Å². The fourth-order valence-corrected chi connectivity index (χ4v) is 3.96. The van der Waals surface area contributed by atoms with Crippen LogP contribution in [-0.4, -0.2) is 54.2 Å². The van der Waals surface area contributed by atoms with Crippen LogP contribution in [0, 0.1) is 11.8 Å². The standard InChI is InChI=1S/C21H30N2O2/c1-16-7-11-22(12-8-16)15-18-9-13-23(14-10-18)21(25)20-5-3-19(4-6-20)17(2)24/h3-6,16,18H,7-15H2,1-2H3. The van der Waals surface area contributed by atoms with Crippen LogP contribution in [0.3, 0.4) is 0 Å². The van der Waals surface area contributed by atoms with Crippen molar-refractivity contribution < 1.29 is 9.59 Å². The Morgan fingerprint density at radius 3 is 2.04 bits per heavy atom. The molecule has 0 atom stereocenters. The number of amides is 1. The highest BCUT2D eigenvalue weighted by molar-refractivity contribution is 5.97. The SMILES string of the molecule is CC(=O)c1ccc(C(=O)N2CCC(CN3CCC(C)CC3)CC2)cc1. The smallest absolute Gasteiger partial charge is 0.253 e. The second-order valence-electron chi connectivity index (χ2n) is 7.85. The summed E-state index contributed by atoms with van der Waals surface area (Å²) in [5.74, 6) is 1.73. The Morgan fingerprint density at radius 2 is 1.48 bits per heavy atom. The monoisotopic (exact) mass is 342 g/mol. The third-order valence-corrected chi connectivity index (χ3v) is 5.83. The zero-order chi connectivity index (χ0) is 17.8. The van der Waals surface area contributed by atoms with Crippen molar-refractivity contribution in [2.45, 2.75) is 39.5 Å². The van der Waals surface area contributed by atoms with Crippen molar-refractivity contribution in [1.29, 1.82) is 0 Å². The number of carbonyl (C=O) groups is 2. The lowest BCUT2D eigenvalue weighted by Crippen LogP contribution is -2.43. The molecule has 0 N–H and O–H groups in total. The maximum atomic E-state index is 12.6. The molecule has 2 saturated heterocycles. The lowest BCUT2D eigenvalue weighted by atomic mass is 9.93. The molecule has 2 aliphatic rings. The fraction of sp³-hybridized carbons (Fsp3) is 0.619. The normalized spacial score (nSPS) is 20.6. The van der Waals surface area contributed by atoms with Crippen molar-refractivity contribution >= 4 is 11.7 Å². The molecule has 0 aromatic heterocycles. The average molecular weight is 342 g/mol. The number of hydrogen-bond acceptors (Lipinski definition) is 3. The molecule has 2 heterocycles. The van der Waals surface area contributed by atoms with E-state index >= 15 is 0 Å². The van der Waals surface area contributed by atoms with Crippen molar-refractivity contribution in [3.63, 3.8) is 0 Å². The van der Waals surface area contributed by atoms with Gasteiger partial charge in [-0.15, -0.1) is 0 Å². The number of rotatable bonds is 4. The van der Waals surface area contributed by atoms with Gasteiger partial charge in [-0.25, -0.2) is 0 Å². The van der Waals surface area contributed by atoms with Crippen LogP contribution in [0.4, 0.5) is 0 Å². The van der Waals surface area contributed by atoms with E-state index in [0.717, 1.165) is 37.8 Å². The van der Waals surface area contributed by atoms with Gasteiger partial charge in [0, 0.05) is 30.8 Å². The Balaban J connectivity index is 1.48. The van der Waals surface area contributed by atoms with E-state index in [1.54, 1.807) is 31.2 Å². The van der Waals surface area contributed by atoms with Gasteiger partial charge in [-0.3, -0.25) is 9.59 Å². The molecule has 0 aliphatic carbocycles. The Bertz CT molecular complexity index is 595. The molecule has 4 nitrogen and oxygen atoms in total. The highest BCUT2D eigenvalue weighted by atomic mass is 16.2. The van der Waals surface area contributed by atoms with E-state index in [9.17, 15) is 9.59 Å². The van der Waals surface area contributed by atoms with Crippen LogP contribution in [0.1, 0.15) is 60.2 Å². The summed E-state index contributed by atoms with van der Waals surface area (Å²) in [6, 6.07) is 7.06. The van der Waals surface area contributed by atoms with Crippen LogP contribution < -0.4 is 0 Å². The number of likely N-dealkylation sites (tertiary alicyclic amines) is 2. The Morgan fingerprint density at radius 1 is 0.920 bits per heavy atom. The zero-order valence-electron chi connectivity index (χ0n) is 15.5. The minimum Gasteiger partial charge on any atom is -0.339 e. The molecule has 0 spiro atoms. The molecule has 2 fully saturated rings. The van der Waals surface area contributed by atoms with Gasteiger partial charge in [-0.05, 0) is 69.7 Å². The van der Waals surface area contributed by atoms with E-state index in [-0.39, 0.29) is 11.7 Å². The van der Waals surface area contributed by atoms with Crippen LogP contribution in [0.25, 0.3) is 0 Å². The maximum absolute atomic E-state index is 12.6. The summed E-state index contributed by atoms with van der Waals surface area (Å²) >= 11 is 0. The Kier molecular flexibility index (Phi) is 5.89. The number of hydrogen-bond donors (Lipinski definition) is 0. The largest absolute Gasteiger partial charge is 0.339 e. The first-order chi connectivity index (χ1) is 12.0. The van der Waals surface area contributed by atoms with Crippen LogP contribution in [0.15, 0.2) is 24.3 Å². The number of benzene rings is 1. The van der Waals surface area contributed by atoms with Crippen LogP contribution in [0.5, 0.6) is 0 Å². The Labute approximate surface area is 151 Å². The fourth-order valence-electron chi connectivity index (χ4n) is 3.96. The van der Waals surface area contributed by atoms with E-state index in [4.69, 9.17) is 0 Å². The quantitative estimate of drug-likeness (QED) is 0.787. The highest BCUT2D eigenvalue weighted by Gasteiger charge is 2.26. The molecule has 0 unspecified atom stereocenters. The van der Waals surface area contributed by atoms with Crippen LogP contribution in [0.2, 0.25) is 0 Å².